The Morgan fingerprint density at radius 3 is 2.75 bits per heavy atom. The zero-order valence-electron chi connectivity index (χ0n) is 7.08. The van der Waals surface area contributed by atoms with Gasteiger partial charge in [0.15, 0.2) is 0 Å². The third kappa shape index (κ3) is 1.46. The van der Waals surface area contributed by atoms with Gasteiger partial charge in [-0.25, -0.2) is 5.01 Å². The summed E-state index contributed by atoms with van der Waals surface area (Å²) in [6, 6.07) is 6.38. The van der Waals surface area contributed by atoms with Crippen LogP contribution >= 0.6 is 12.4 Å². The highest BCUT2D eigenvalue weighted by Gasteiger charge is 2.16. The molecule has 1 heterocycles. The number of nitrogens with zero attached hydrogens (tertiary/aromatic N) is 1. The van der Waals surface area contributed by atoms with Gasteiger partial charge in [-0.15, -0.1) is 12.4 Å². The SMILES string of the molecule is Cc1cccc2c1CN(N)C2.Cl. The summed E-state index contributed by atoms with van der Waals surface area (Å²) in [5.41, 5.74) is 4.15. The first-order valence-corrected chi connectivity index (χ1v) is 3.84. The lowest BCUT2D eigenvalue weighted by molar-refractivity contribution is 0.295. The van der Waals surface area contributed by atoms with Crippen molar-refractivity contribution >= 4 is 12.4 Å². The van der Waals surface area contributed by atoms with Crippen LogP contribution in [0.25, 0.3) is 0 Å². The van der Waals surface area contributed by atoms with Crippen molar-refractivity contribution in [1.29, 1.82) is 0 Å². The van der Waals surface area contributed by atoms with Gasteiger partial charge in [-0.1, -0.05) is 18.2 Å². The predicted molar refractivity (Wildman–Crippen MR) is 51.9 cm³/mol. The standard InChI is InChI=1S/C9H12N2.ClH/c1-7-3-2-4-8-5-11(10)6-9(7)8;/h2-4H,5-6,10H2,1H3;1H. The fraction of sp³-hybridized carbons (Fsp3) is 0.333. The predicted octanol–water partition coefficient (Wildman–Crippen LogP) is 1.61. The van der Waals surface area contributed by atoms with Crippen molar-refractivity contribution in [3.05, 3.63) is 34.9 Å². The molecule has 0 saturated heterocycles. The fourth-order valence-corrected chi connectivity index (χ4v) is 1.62. The Morgan fingerprint density at radius 2 is 2.08 bits per heavy atom. The third-order valence-electron chi connectivity index (χ3n) is 2.24. The lowest BCUT2D eigenvalue weighted by Gasteiger charge is -2.03. The summed E-state index contributed by atoms with van der Waals surface area (Å²) < 4.78 is 0. The van der Waals surface area contributed by atoms with Gasteiger partial charge < -0.3 is 0 Å². The maximum absolute atomic E-state index is 5.69. The average molecular weight is 185 g/mol. The summed E-state index contributed by atoms with van der Waals surface area (Å²) >= 11 is 0. The first kappa shape index (κ1) is 9.52. The lowest BCUT2D eigenvalue weighted by Crippen LogP contribution is -2.23. The van der Waals surface area contributed by atoms with E-state index in [9.17, 15) is 0 Å². The number of benzene rings is 1. The molecule has 0 spiro atoms. The Balaban J connectivity index is 0.000000720. The summed E-state index contributed by atoms with van der Waals surface area (Å²) in [5.74, 6) is 5.69. The largest absolute Gasteiger partial charge is 0.268 e. The molecule has 66 valence electrons. The Morgan fingerprint density at radius 1 is 1.33 bits per heavy atom. The molecular weight excluding hydrogens is 172 g/mol. The summed E-state index contributed by atoms with van der Waals surface area (Å²) in [7, 11) is 0. The minimum atomic E-state index is 0. The van der Waals surface area contributed by atoms with Gasteiger partial charge in [-0.3, -0.25) is 5.84 Å². The smallest absolute Gasteiger partial charge is 0.0389 e. The number of nitrogens with two attached hydrogens (primary N) is 1. The first-order valence-electron chi connectivity index (χ1n) is 3.84. The highest BCUT2D eigenvalue weighted by molar-refractivity contribution is 5.85. The molecule has 0 atom stereocenters. The summed E-state index contributed by atoms with van der Waals surface area (Å²) in [5, 5.41) is 1.84. The second-order valence-corrected chi connectivity index (χ2v) is 3.12. The van der Waals surface area contributed by atoms with Gasteiger partial charge >= 0.3 is 0 Å². The van der Waals surface area contributed by atoms with E-state index in [0.29, 0.717) is 0 Å². The fourth-order valence-electron chi connectivity index (χ4n) is 1.62. The number of hydrazine groups is 1. The van der Waals surface area contributed by atoms with Gasteiger partial charge in [0.05, 0.1) is 0 Å². The van der Waals surface area contributed by atoms with Crippen molar-refractivity contribution < 1.29 is 0 Å². The van der Waals surface area contributed by atoms with Crippen LogP contribution in [-0.2, 0) is 13.1 Å². The zero-order chi connectivity index (χ0) is 7.84. The van der Waals surface area contributed by atoms with Crippen LogP contribution in [0.5, 0.6) is 0 Å². The molecule has 1 aliphatic heterocycles. The van der Waals surface area contributed by atoms with E-state index in [0.717, 1.165) is 13.1 Å². The molecule has 2 N–H and O–H groups in total. The van der Waals surface area contributed by atoms with Crippen molar-refractivity contribution in [2.45, 2.75) is 20.0 Å². The number of aryl methyl sites for hydroxylation is 1. The summed E-state index contributed by atoms with van der Waals surface area (Å²) in [6.45, 7) is 3.94. The van der Waals surface area contributed by atoms with Gasteiger partial charge in [0.25, 0.3) is 0 Å². The van der Waals surface area contributed by atoms with E-state index in [-0.39, 0.29) is 12.4 Å². The van der Waals surface area contributed by atoms with Crippen LogP contribution in [0, 0.1) is 6.92 Å². The van der Waals surface area contributed by atoms with E-state index in [2.05, 4.69) is 25.1 Å². The van der Waals surface area contributed by atoms with Crippen molar-refractivity contribution in [3.8, 4) is 0 Å². The molecule has 0 bridgehead atoms. The summed E-state index contributed by atoms with van der Waals surface area (Å²) in [6.07, 6.45) is 0. The van der Waals surface area contributed by atoms with E-state index >= 15 is 0 Å². The Kier molecular flexibility index (Phi) is 2.73. The van der Waals surface area contributed by atoms with Crippen molar-refractivity contribution in [1.82, 2.24) is 5.01 Å². The molecular formula is C9H13ClN2. The molecule has 0 fully saturated rings. The van der Waals surface area contributed by atoms with Crippen LogP contribution in [0.1, 0.15) is 16.7 Å². The maximum Gasteiger partial charge on any atom is 0.0389 e. The minimum Gasteiger partial charge on any atom is -0.268 e. The highest BCUT2D eigenvalue weighted by atomic mass is 35.5. The van der Waals surface area contributed by atoms with Gasteiger partial charge in [0.1, 0.15) is 0 Å². The minimum absolute atomic E-state index is 0. The normalized spacial score (nSPS) is 15.5. The van der Waals surface area contributed by atoms with Crippen LogP contribution in [0.2, 0.25) is 0 Å². The Bertz CT molecular complexity index is 286. The topological polar surface area (TPSA) is 29.3 Å². The van der Waals surface area contributed by atoms with Crippen molar-refractivity contribution in [2.75, 3.05) is 0 Å². The van der Waals surface area contributed by atoms with Gasteiger partial charge in [0, 0.05) is 13.1 Å². The molecule has 0 amide bonds. The second-order valence-electron chi connectivity index (χ2n) is 3.12. The molecule has 1 aromatic rings. The van der Waals surface area contributed by atoms with E-state index < -0.39 is 0 Å². The number of hydrogen-bond acceptors (Lipinski definition) is 2. The second kappa shape index (κ2) is 3.44. The number of hydrogen-bond donors (Lipinski definition) is 1. The van der Waals surface area contributed by atoms with E-state index in [1.807, 2.05) is 5.01 Å². The van der Waals surface area contributed by atoms with Crippen molar-refractivity contribution in [2.24, 2.45) is 5.84 Å². The molecule has 3 heteroatoms. The molecule has 1 aromatic carbocycles. The van der Waals surface area contributed by atoms with Crippen LogP contribution < -0.4 is 5.84 Å². The van der Waals surface area contributed by atoms with Crippen LogP contribution in [-0.4, -0.2) is 5.01 Å². The number of fused-ring (bicyclic) bond motifs is 1. The van der Waals surface area contributed by atoms with E-state index in [1.165, 1.54) is 16.7 Å². The van der Waals surface area contributed by atoms with Crippen LogP contribution in [0.3, 0.4) is 0 Å². The monoisotopic (exact) mass is 184 g/mol. The van der Waals surface area contributed by atoms with Crippen molar-refractivity contribution in [3.63, 3.8) is 0 Å². The Hall–Kier alpha value is -0.570. The number of halogens is 1. The van der Waals surface area contributed by atoms with Gasteiger partial charge in [-0.05, 0) is 23.6 Å². The van der Waals surface area contributed by atoms with Gasteiger partial charge in [-0.2, -0.15) is 0 Å². The maximum atomic E-state index is 5.69. The van der Waals surface area contributed by atoms with Gasteiger partial charge in [0.2, 0.25) is 0 Å². The molecule has 0 unspecified atom stereocenters. The van der Waals surface area contributed by atoms with E-state index in [4.69, 9.17) is 5.84 Å². The zero-order valence-corrected chi connectivity index (χ0v) is 7.90. The van der Waals surface area contributed by atoms with Crippen LogP contribution in [0.4, 0.5) is 0 Å². The van der Waals surface area contributed by atoms with Crippen LogP contribution in [0.15, 0.2) is 18.2 Å². The summed E-state index contributed by atoms with van der Waals surface area (Å²) in [4.78, 5) is 0. The molecule has 2 nitrogen and oxygen atoms in total. The third-order valence-corrected chi connectivity index (χ3v) is 2.24. The Labute approximate surface area is 78.7 Å². The molecule has 0 aromatic heterocycles. The number of rotatable bonds is 0. The molecule has 0 aliphatic carbocycles. The first-order chi connectivity index (χ1) is 5.27. The average Bonchev–Trinajstić information content (AvgIpc) is 2.31. The molecule has 0 radical (unpaired) electrons. The molecule has 1 aliphatic rings. The quantitative estimate of drug-likeness (QED) is 0.621. The molecule has 12 heavy (non-hydrogen) atoms. The molecule has 2 rings (SSSR count). The highest BCUT2D eigenvalue weighted by Crippen LogP contribution is 2.22. The van der Waals surface area contributed by atoms with E-state index in [1.54, 1.807) is 0 Å². The molecule has 0 saturated carbocycles. The lowest BCUT2D eigenvalue weighted by atomic mass is 10.1.